The van der Waals surface area contributed by atoms with Gasteiger partial charge in [-0.1, -0.05) is 30.4 Å². The Morgan fingerprint density at radius 2 is 1.92 bits per heavy atom. The van der Waals surface area contributed by atoms with Crippen molar-refractivity contribution in [1.82, 2.24) is 14.5 Å². The first-order chi connectivity index (χ1) is 17.7. The second-order valence-corrected chi connectivity index (χ2v) is 11.4. The SMILES string of the molecule is COc1cccc(-c2c(C(C)C)sc3nc(C)cc(N(OC(=O)C(F)(F)F)S(=O)(=O)c4cn(C)cn4)c23)c1. The summed E-state index contributed by atoms with van der Waals surface area (Å²) in [5.74, 6) is -2.26. The van der Waals surface area contributed by atoms with Gasteiger partial charge in [0.15, 0.2) is 5.03 Å². The zero-order valence-corrected chi connectivity index (χ0v) is 22.5. The molecule has 0 unspecified atom stereocenters. The maximum atomic E-state index is 13.6. The highest BCUT2D eigenvalue weighted by Gasteiger charge is 2.46. The highest BCUT2D eigenvalue weighted by atomic mass is 32.2. The molecule has 202 valence electrons. The Morgan fingerprint density at radius 3 is 2.50 bits per heavy atom. The van der Waals surface area contributed by atoms with Crippen LogP contribution in [0.15, 0.2) is 47.9 Å². The average Bonchev–Trinajstić information content (AvgIpc) is 3.45. The molecule has 0 N–H and O–H groups in total. The first-order valence-electron chi connectivity index (χ1n) is 11.1. The molecule has 0 saturated heterocycles. The van der Waals surface area contributed by atoms with Crippen LogP contribution in [0.25, 0.3) is 21.3 Å². The highest BCUT2D eigenvalue weighted by molar-refractivity contribution is 7.92. The lowest BCUT2D eigenvalue weighted by atomic mass is 9.97. The number of alkyl halides is 3. The minimum Gasteiger partial charge on any atom is -0.497 e. The lowest BCUT2D eigenvalue weighted by Crippen LogP contribution is -2.39. The van der Waals surface area contributed by atoms with E-state index in [0.29, 0.717) is 27.4 Å². The van der Waals surface area contributed by atoms with Crippen molar-refractivity contribution in [2.24, 2.45) is 7.05 Å². The fourth-order valence-electron chi connectivity index (χ4n) is 3.79. The third kappa shape index (κ3) is 5.05. The number of hydrogen-bond acceptors (Lipinski definition) is 8. The van der Waals surface area contributed by atoms with Crippen molar-refractivity contribution in [2.75, 3.05) is 11.6 Å². The molecule has 3 heterocycles. The number of pyridine rings is 1. The number of nitrogens with zero attached hydrogens (tertiary/aromatic N) is 4. The van der Waals surface area contributed by atoms with E-state index in [4.69, 9.17) is 4.74 Å². The molecule has 0 fully saturated rings. The second kappa shape index (κ2) is 9.91. The van der Waals surface area contributed by atoms with Crippen LogP contribution in [-0.4, -0.2) is 42.2 Å². The monoisotopic (exact) mass is 568 g/mol. The molecular weight excluding hydrogens is 545 g/mol. The van der Waals surface area contributed by atoms with E-state index in [0.717, 1.165) is 17.4 Å². The van der Waals surface area contributed by atoms with Crippen molar-refractivity contribution in [1.29, 1.82) is 0 Å². The molecule has 0 radical (unpaired) electrons. The highest BCUT2D eigenvalue weighted by Crippen LogP contribution is 2.47. The number of anilines is 1. The van der Waals surface area contributed by atoms with Crippen LogP contribution in [0.2, 0.25) is 0 Å². The molecule has 0 aliphatic rings. The van der Waals surface area contributed by atoms with Gasteiger partial charge in [-0.05, 0) is 36.6 Å². The van der Waals surface area contributed by atoms with Gasteiger partial charge in [-0.25, -0.2) is 14.8 Å². The summed E-state index contributed by atoms with van der Waals surface area (Å²) in [5, 5.41) is -0.410. The van der Waals surface area contributed by atoms with E-state index in [1.807, 2.05) is 13.8 Å². The Morgan fingerprint density at radius 1 is 1.21 bits per heavy atom. The van der Waals surface area contributed by atoms with Gasteiger partial charge in [-0.15, -0.1) is 11.3 Å². The number of ether oxygens (including phenoxy) is 1. The molecule has 0 bridgehead atoms. The first kappa shape index (κ1) is 27.4. The number of rotatable bonds is 7. The lowest BCUT2D eigenvalue weighted by Gasteiger charge is -2.23. The number of hydrogen-bond donors (Lipinski definition) is 0. The zero-order chi connectivity index (χ0) is 28.0. The van der Waals surface area contributed by atoms with Crippen molar-refractivity contribution < 1.29 is 36.0 Å². The normalized spacial score (nSPS) is 12.2. The molecule has 0 atom stereocenters. The molecule has 0 saturated carbocycles. The molecule has 0 amide bonds. The van der Waals surface area contributed by atoms with E-state index in [1.54, 1.807) is 31.2 Å². The Labute approximate surface area is 220 Å². The van der Waals surface area contributed by atoms with E-state index in [1.165, 1.54) is 36.1 Å². The molecule has 38 heavy (non-hydrogen) atoms. The predicted molar refractivity (Wildman–Crippen MR) is 135 cm³/mol. The summed E-state index contributed by atoms with van der Waals surface area (Å²) in [4.78, 5) is 26.0. The molecule has 9 nitrogen and oxygen atoms in total. The Balaban J connectivity index is 2.10. The van der Waals surface area contributed by atoms with E-state index >= 15 is 0 Å². The van der Waals surface area contributed by atoms with E-state index in [-0.39, 0.29) is 21.5 Å². The van der Waals surface area contributed by atoms with Crippen molar-refractivity contribution >= 4 is 43.2 Å². The average molecular weight is 569 g/mol. The van der Waals surface area contributed by atoms with Gasteiger partial charge >= 0.3 is 22.2 Å². The summed E-state index contributed by atoms with van der Waals surface area (Å²) < 4.78 is 73.8. The minimum absolute atomic E-state index is 0.0112. The van der Waals surface area contributed by atoms with Crippen molar-refractivity contribution in [3.8, 4) is 16.9 Å². The van der Waals surface area contributed by atoms with Crippen LogP contribution in [0.1, 0.15) is 30.3 Å². The van der Waals surface area contributed by atoms with Crippen LogP contribution >= 0.6 is 11.3 Å². The predicted octanol–water partition coefficient (Wildman–Crippen LogP) is 5.35. The molecular formula is C24H23F3N4O5S2. The molecule has 14 heteroatoms. The van der Waals surface area contributed by atoms with Gasteiger partial charge in [-0.2, -0.15) is 21.6 Å². The maximum absolute atomic E-state index is 13.6. The molecule has 0 spiro atoms. The third-order valence-electron chi connectivity index (χ3n) is 5.44. The van der Waals surface area contributed by atoms with Crippen LogP contribution < -0.4 is 9.21 Å². The van der Waals surface area contributed by atoms with Gasteiger partial charge in [0.25, 0.3) is 0 Å². The van der Waals surface area contributed by atoms with Crippen molar-refractivity contribution in [3.63, 3.8) is 0 Å². The van der Waals surface area contributed by atoms with Gasteiger partial charge in [0.1, 0.15) is 16.3 Å². The number of aryl methyl sites for hydroxylation is 2. The van der Waals surface area contributed by atoms with Crippen LogP contribution in [0.4, 0.5) is 18.9 Å². The summed E-state index contributed by atoms with van der Waals surface area (Å²) in [6.45, 7) is 5.40. The third-order valence-corrected chi connectivity index (χ3v) is 8.27. The zero-order valence-electron chi connectivity index (χ0n) is 20.9. The van der Waals surface area contributed by atoms with E-state index < -0.39 is 27.2 Å². The van der Waals surface area contributed by atoms with Crippen LogP contribution in [0.5, 0.6) is 5.75 Å². The van der Waals surface area contributed by atoms with E-state index in [2.05, 4.69) is 14.8 Å². The van der Waals surface area contributed by atoms with Crippen molar-refractivity contribution in [2.45, 2.75) is 37.9 Å². The smallest absolute Gasteiger partial charge is 0.493 e. The number of aromatic nitrogens is 3. The molecule has 0 aliphatic carbocycles. The number of benzene rings is 1. The molecule has 4 rings (SSSR count). The minimum atomic E-state index is -5.47. The number of thiophene rings is 1. The van der Waals surface area contributed by atoms with Gasteiger partial charge in [0.2, 0.25) is 0 Å². The summed E-state index contributed by atoms with van der Waals surface area (Å²) in [6, 6.07) is 8.19. The Bertz CT molecular complexity index is 1630. The number of carbonyl (C=O) groups excluding carboxylic acids is 1. The quantitative estimate of drug-likeness (QED) is 0.277. The van der Waals surface area contributed by atoms with Crippen LogP contribution in [0.3, 0.4) is 0 Å². The number of fused-ring (bicyclic) bond motifs is 1. The fraction of sp³-hybridized carbons (Fsp3) is 0.292. The van der Waals surface area contributed by atoms with Gasteiger partial charge in [0, 0.05) is 34.8 Å². The number of halogens is 3. The van der Waals surface area contributed by atoms with E-state index in [9.17, 15) is 26.4 Å². The van der Waals surface area contributed by atoms with Crippen molar-refractivity contribution in [3.05, 3.63) is 53.4 Å². The maximum Gasteiger partial charge on any atom is 0.493 e. The topological polar surface area (TPSA) is 104 Å². The summed E-state index contributed by atoms with van der Waals surface area (Å²) in [6.07, 6.45) is -3.22. The van der Waals surface area contributed by atoms with Crippen LogP contribution in [0, 0.1) is 6.92 Å². The molecule has 1 aromatic carbocycles. The Kier molecular flexibility index (Phi) is 7.14. The summed E-state index contributed by atoms with van der Waals surface area (Å²) in [7, 11) is -1.93. The lowest BCUT2D eigenvalue weighted by molar-refractivity contribution is -0.199. The first-order valence-corrected chi connectivity index (χ1v) is 13.4. The van der Waals surface area contributed by atoms with Crippen LogP contribution in [-0.2, 0) is 26.7 Å². The molecule has 4 aromatic rings. The summed E-state index contributed by atoms with van der Waals surface area (Å²) >= 11 is 1.27. The molecule has 3 aromatic heterocycles. The largest absolute Gasteiger partial charge is 0.497 e. The number of carbonyl (C=O) groups is 1. The molecule has 0 aliphatic heterocycles. The Hall–Kier alpha value is -3.65. The number of sulfonamides is 1. The standard InChI is InChI=1S/C24H23F3N4O5S2/c1-13(2)21-19(15-7-6-8-16(10-15)35-5)20-17(9-14(3)29-22(20)37-21)31(36-23(32)24(25,26)27)38(33,34)18-11-30(4)12-28-18/h6-13H,1-5H3. The van der Waals surface area contributed by atoms with Gasteiger partial charge < -0.3 is 14.1 Å². The summed E-state index contributed by atoms with van der Waals surface area (Å²) in [5.41, 5.74) is 1.14. The second-order valence-electron chi connectivity index (χ2n) is 8.68. The fourth-order valence-corrected chi connectivity index (χ4v) is 6.28. The number of imidazole rings is 1. The van der Waals surface area contributed by atoms with Gasteiger partial charge in [-0.3, -0.25) is 0 Å². The van der Waals surface area contributed by atoms with Gasteiger partial charge in [0.05, 0.1) is 13.4 Å². The number of methoxy groups -OCH3 is 1.